The minimum absolute atomic E-state index is 0.167. The average molecular weight is 182 g/mol. The van der Waals surface area contributed by atoms with Crippen molar-refractivity contribution in [1.82, 2.24) is 10.3 Å². The van der Waals surface area contributed by atoms with E-state index in [0.29, 0.717) is 0 Å². The third-order valence-electron chi connectivity index (χ3n) is 1.77. The number of rotatable bonds is 1. The minimum atomic E-state index is -0.603. The van der Waals surface area contributed by atoms with Gasteiger partial charge < -0.3 is 10.1 Å². The van der Waals surface area contributed by atoms with Gasteiger partial charge in [0.15, 0.2) is 6.10 Å². The van der Waals surface area contributed by atoms with Crippen molar-refractivity contribution in [2.75, 3.05) is 6.54 Å². The predicted molar refractivity (Wildman–Crippen MR) is 41.4 cm³/mol. The molecular formula is C8H7FN2O2. The summed E-state index contributed by atoms with van der Waals surface area (Å²) in [6, 6.07) is 2.78. The van der Waals surface area contributed by atoms with Gasteiger partial charge in [0.2, 0.25) is 0 Å². The van der Waals surface area contributed by atoms with E-state index in [2.05, 4.69) is 10.3 Å². The first kappa shape index (κ1) is 7.97. The second-order valence-corrected chi connectivity index (χ2v) is 2.65. The summed E-state index contributed by atoms with van der Waals surface area (Å²) in [5, 5.41) is 2.43. The number of ether oxygens (including phenoxy) is 1. The zero-order valence-corrected chi connectivity index (χ0v) is 6.66. The summed E-state index contributed by atoms with van der Waals surface area (Å²) in [6.45, 7) is 0.271. The van der Waals surface area contributed by atoms with Crippen molar-refractivity contribution < 1.29 is 13.9 Å². The van der Waals surface area contributed by atoms with Crippen molar-refractivity contribution in [3.63, 3.8) is 0 Å². The molecule has 4 nitrogen and oxygen atoms in total. The quantitative estimate of drug-likeness (QED) is 0.704. The van der Waals surface area contributed by atoms with Gasteiger partial charge >= 0.3 is 6.09 Å². The fourth-order valence-electron chi connectivity index (χ4n) is 1.18. The third kappa shape index (κ3) is 1.44. The van der Waals surface area contributed by atoms with Gasteiger partial charge in [-0.05, 0) is 12.1 Å². The maximum Gasteiger partial charge on any atom is 0.408 e. The molecule has 0 spiro atoms. The molecule has 0 radical (unpaired) electrons. The molecule has 5 heteroatoms. The molecule has 1 aromatic heterocycles. The Morgan fingerprint density at radius 3 is 3.15 bits per heavy atom. The summed E-state index contributed by atoms with van der Waals surface area (Å²) >= 11 is 0. The van der Waals surface area contributed by atoms with Gasteiger partial charge in [0, 0.05) is 6.20 Å². The molecule has 2 heterocycles. The van der Waals surface area contributed by atoms with Crippen LogP contribution in [0.1, 0.15) is 11.8 Å². The highest BCUT2D eigenvalue weighted by atomic mass is 19.1. The topological polar surface area (TPSA) is 51.2 Å². The van der Waals surface area contributed by atoms with Crippen LogP contribution in [-0.2, 0) is 4.74 Å². The standard InChI is InChI=1S/C8H7FN2O2/c9-5-2-1-3-10-7(5)6-4-11-8(12)13-6/h1-3,6H,4H2,(H,11,12). The van der Waals surface area contributed by atoms with E-state index in [4.69, 9.17) is 4.74 Å². The Bertz CT molecular complexity index is 343. The van der Waals surface area contributed by atoms with Crippen LogP contribution in [0.3, 0.4) is 0 Å². The number of nitrogens with one attached hydrogen (secondary N) is 1. The van der Waals surface area contributed by atoms with E-state index >= 15 is 0 Å². The van der Waals surface area contributed by atoms with Gasteiger partial charge in [-0.3, -0.25) is 4.98 Å². The lowest BCUT2D eigenvalue weighted by Crippen LogP contribution is -2.13. The van der Waals surface area contributed by atoms with Gasteiger partial charge in [0.05, 0.1) is 6.54 Å². The number of pyridine rings is 1. The Hall–Kier alpha value is -1.65. The number of amides is 1. The van der Waals surface area contributed by atoms with Crippen molar-refractivity contribution >= 4 is 6.09 Å². The van der Waals surface area contributed by atoms with Crippen LogP contribution >= 0.6 is 0 Å². The van der Waals surface area contributed by atoms with Crippen molar-refractivity contribution in [1.29, 1.82) is 0 Å². The lowest BCUT2D eigenvalue weighted by Gasteiger charge is -2.06. The van der Waals surface area contributed by atoms with Gasteiger partial charge in [-0.2, -0.15) is 0 Å². The number of halogens is 1. The molecule has 1 aliphatic rings. The summed E-state index contributed by atoms with van der Waals surface area (Å²) in [4.78, 5) is 14.5. The molecule has 1 fully saturated rings. The van der Waals surface area contributed by atoms with Crippen molar-refractivity contribution in [3.8, 4) is 0 Å². The van der Waals surface area contributed by atoms with Crippen LogP contribution in [0.15, 0.2) is 18.3 Å². The number of cyclic esters (lactones) is 1. The summed E-state index contributed by atoms with van der Waals surface area (Å²) in [7, 11) is 0. The van der Waals surface area contributed by atoms with Gasteiger partial charge in [-0.1, -0.05) is 0 Å². The van der Waals surface area contributed by atoms with Crippen molar-refractivity contribution in [2.24, 2.45) is 0 Å². The molecule has 1 unspecified atom stereocenters. The summed E-state index contributed by atoms with van der Waals surface area (Å²) in [5.74, 6) is -0.455. The van der Waals surface area contributed by atoms with Crippen LogP contribution in [0.25, 0.3) is 0 Å². The van der Waals surface area contributed by atoms with E-state index in [9.17, 15) is 9.18 Å². The van der Waals surface area contributed by atoms with Crippen LogP contribution in [0.4, 0.5) is 9.18 Å². The molecule has 0 aliphatic carbocycles. The molecule has 13 heavy (non-hydrogen) atoms. The summed E-state index contributed by atoms with van der Waals surface area (Å²) < 4.78 is 17.9. The number of carbonyl (C=O) groups excluding carboxylic acids is 1. The molecule has 0 saturated carbocycles. The zero-order chi connectivity index (χ0) is 9.26. The highest BCUT2D eigenvalue weighted by Crippen LogP contribution is 2.20. The molecule has 1 saturated heterocycles. The molecule has 2 rings (SSSR count). The number of carbonyl (C=O) groups is 1. The molecule has 1 aliphatic heterocycles. The number of hydrogen-bond donors (Lipinski definition) is 1. The van der Waals surface area contributed by atoms with E-state index in [0.717, 1.165) is 0 Å². The molecular weight excluding hydrogens is 175 g/mol. The SMILES string of the molecule is O=C1NCC(c2ncccc2F)O1. The Morgan fingerprint density at radius 2 is 2.54 bits per heavy atom. The first-order valence-electron chi connectivity index (χ1n) is 3.82. The maximum absolute atomic E-state index is 13.1. The van der Waals surface area contributed by atoms with Gasteiger partial charge in [0.1, 0.15) is 11.5 Å². The maximum atomic E-state index is 13.1. The molecule has 1 N–H and O–H groups in total. The van der Waals surface area contributed by atoms with Crippen LogP contribution in [-0.4, -0.2) is 17.6 Å². The van der Waals surface area contributed by atoms with Crippen molar-refractivity contribution in [3.05, 3.63) is 29.8 Å². The van der Waals surface area contributed by atoms with E-state index in [-0.39, 0.29) is 12.2 Å². The molecule has 68 valence electrons. The zero-order valence-electron chi connectivity index (χ0n) is 6.66. The van der Waals surface area contributed by atoms with Crippen LogP contribution in [0.2, 0.25) is 0 Å². The van der Waals surface area contributed by atoms with Crippen LogP contribution in [0, 0.1) is 5.82 Å². The van der Waals surface area contributed by atoms with Crippen LogP contribution in [0.5, 0.6) is 0 Å². The Morgan fingerprint density at radius 1 is 1.69 bits per heavy atom. The van der Waals surface area contributed by atoms with E-state index in [1.54, 1.807) is 0 Å². The van der Waals surface area contributed by atoms with Gasteiger partial charge in [-0.25, -0.2) is 9.18 Å². The Kier molecular flexibility index (Phi) is 1.84. The summed E-state index contributed by atoms with van der Waals surface area (Å²) in [6.07, 6.45) is 0.327. The highest BCUT2D eigenvalue weighted by Gasteiger charge is 2.27. The molecule has 1 amide bonds. The Labute approximate surface area is 73.7 Å². The second-order valence-electron chi connectivity index (χ2n) is 2.65. The fourth-order valence-corrected chi connectivity index (χ4v) is 1.18. The van der Waals surface area contributed by atoms with E-state index < -0.39 is 18.0 Å². The molecule has 0 aromatic carbocycles. The molecule has 1 aromatic rings. The van der Waals surface area contributed by atoms with Crippen molar-refractivity contribution in [2.45, 2.75) is 6.10 Å². The number of aromatic nitrogens is 1. The third-order valence-corrected chi connectivity index (χ3v) is 1.77. The average Bonchev–Trinajstić information content (AvgIpc) is 2.53. The largest absolute Gasteiger partial charge is 0.438 e. The molecule has 0 bridgehead atoms. The second kappa shape index (κ2) is 3.01. The van der Waals surface area contributed by atoms with Gasteiger partial charge in [0.25, 0.3) is 0 Å². The number of nitrogens with zero attached hydrogens (tertiary/aromatic N) is 1. The lowest BCUT2D eigenvalue weighted by molar-refractivity contribution is 0.137. The first-order valence-corrected chi connectivity index (χ1v) is 3.82. The highest BCUT2D eigenvalue weighted by molar-refractivity contribution is 5.69. The Balaban J connectivity index is 2.26. The summed E-state index contributed by atoms with van der Waals surface area (Å²) in [5.41, 5.74) is 0.167. The monoisotopic (exact) mass is 182 g/mol. The number of hydrogen-bond acceptors (Lipinski definition) is 3. The number of alkyl carbamates (subject to hydrolysis) is 1. The minimum Gasteiger partial charge on any atom is -0.438 e. The van der Waals surface area contributed by atoms with Crippen LogP contribution < -0.4 is 5.32 Å². The van der Waals surface area contributed by atoms with Gasteiger partial charge in [-0.15, -0.1) is 0 Å². The van der Waals surface area contributed by atoms with E-state index in [1.807, 2.05) is 0 Å². The lowest BCUT2D eigenvalue weighted by atomic mass is 10.2. The smallest absolute Gasteiger partial charge is 0.408 e. The first-order chi connectivity index (χ1) is 6.27. The predicted octanol–water partition coefficient (Wildman–Crippen LogP) is 1.00. The normalized spacial score (nSPS) is 21.0. The van der Waals surface area contributed by atoms with E-state index in [1.165, 1.54) is 18.3 Å². The molecule has 1 atom stereocenters. The fraction of sp³-hybridized carbons (Fsp3) is 0.250.